The van der Waals surface area contributed by atoms with Crippen LogP contribution in [-0.2, 0) is 12.8 Å². The summed E-state index contributed by atoms with van der Waals surface area (Å²) < 4.78 is 29.9. The Balaban J connectivity index is 1.90. The molecule has 0 spiro atoms. The smallest absolute Gasteiger partial charge is 0.140 e. The van der Waals surface area contributed by atoms with Crippen molar-refractivity contribution in [1.29, 1.82) is 0 Å². The normalized spacial score (nSPS) is 11.1. The number of rotatable bonds is 4. The molecule has 0 saturated carbocycles. The fourth-order valence-electron chi connectivity index (χ4n) is 3.05. The van der Waals surface area contributed by atoms with Crippen LogP contribution in [0.1, 0.15) is 28.2 Å². The first-order chi connectivity index (χ1) is 11.8. The molecule has 0 atom stereocenters. The van der Waals surface area contributed by atoms with Gasteiger partial charge in [0.1, 0.15) is 17.5 Å². The molecule has 0 saturated heterocycles. The van der Waals surface area contributed by atoms with Crippen molar-refractivity contribution in [3.63, 3.8) is 0 Å². The van der Waals surface area contributed by atoms with Gasteiger partial charge in [0.25, 0.3) is 0 Å². The van der Waals surface area contributed by atoms with E-state index >= 15 is 0 Å². The molecule has 0 fully saturated rings. The number of pyridine rings is 1. The highest BCUT2D eigenvalue weighted by Gasteiger charge is 2.11. The molecule has 0 aliphatic rings. The summed E-state index contributed by atoms with van der Waals surface area (Å²) in [4.78, 5) is 4.72. The Kier molecular flexibility index (Phi) is 5.04. The first-order valence-corrected chi connectivity index (χ1v) is 8.91. The molecule has 2 heterocycles. The lowest BCUT2D eigenvalue weighted by Crippen LogP contribution is -2.06. The average molecular weight is 405 g/mol. The van der Waals surface area contributed by atoms with Crippen molar-refractivity contribution >= 4 is 15.9 Å². The van der Waals surface area contributed by atoms with Crippen molar-refractivity contribution in [1.82, 2.24) is 9.55 Å². The van der Waals surface area contributed by atoms with E-state index in [9.17, 15) is 8.78 Å². The zero-order valence-corrected chi connectivity index (χ0v) is 16.0. The van der Waals surface area contributed by atoms with E-state index in [0.29, 0.717) is 18.4 Å². The lowest BCUT2D eigenvalue weighted by atomic mass is 10.1. The fourth-order valence-corrected chi connectivity index (χ4v) is 3.52. The molecule has 25 heavy (non-hydrogen) atoms. The van der Waals surface area contributed by atoms with E-state index in [0.717, 1.165) is 34.5 Å². The maximum atomic E-state index is 14.1. The van der Waals surface area contributed by atoms with Gasteiger partial charge in [-0.3, -0.25) is 0 Å². The minimum absolute atomic E-state index is 0.152. The van der Waals surface area contributed by atoms with E-state index in [1.54, 1.807) is 0 Å². The average Bonchev–Trinajstić information content (AvgIpc) is 2.87. The Labute approximate surface area is 154 Å². The monoisotopic (exact) mass is 404 g/mol. The second kappa shape index (κ2) is 7.08. The lowest BCUT2D eigenvalue weighted by Gasteiger charge is -2.12. The highest BCUT2D eigenvalue weighted by Crippen LogP contribution is 2.23. The molecule has 0 amide bonds. The van der Waals surface area contributed by atoms with Gasteiger partial charge < -0.3 is 4.57 Å². The van der Waals surface area contributed by atoms with Crippen molar-refractivity contribution in [3.8, 4) is 5.82 Å². The summed E-state index contributed by atoms with van der Waals surface area (Å²) in [6, 6.07) is 10.5. The minimum Gasteiger partial charge on any atom is -0.303 e. The number of aromatic nitrogens is 2. The maximum Gasteiger partial charge on any atom is 0.140 e. The third-order valence-electron chi connectivity index (χ3n) is 4.23. The topological polar surface area (TPSA) is 17.8 Å². The molecule has 130 valence electrons. The standard InChI is InChI=1S/C20H19BrF2N2/c1-12-8-17(7-6-15-10-16(22)11-18(21)20(15)23)24-19(9-12)25-13(2)4-5-14(25)3/h4-5,8-11H,6-7H2,1-3H3. The van der Waals surface area contributed by atoms with Crippen molar-refractivity contribution in [2.45, 2.75) is 33.6 Å². The number of aryl methyl sites for hydroxylation is 5. The summed E-state index contributed by atoms with van der Waals surface area (Å²) in [6.45, 7) is 6.09. The molecular formula is C20H19BrF2N2. The molecule has 3 aromatic rings. The highest BCUT2D eigenvalue weighted by atomic mass is 79.9. The predicted molar refractivity (Wildman–Crippen MR) is 99.2 cm³/mol. The molecular weight excluding hydrogens is 386 g/mol. The second-order valence-electron chi connectivity index (χ2n) is 6.31. The van der Waals surface area contributed by atoms with E-state index in [1.807, 2.05) is 32.9 Å². The van der Waals surface area contributed by atoms with Crippen LogP contribution in [0.5, 0.6) is 0 Å². The quantitative estimate of drug-likeness (QED) is 0.515. The second-order valence-corrected chi connectivity index (χ2v) is 7.16. The van der Waals surface area contributed by atoms with Crippen LogP contribution in [0.15, 0.2) is 40.9 Å². The van der Waals surface area contributed by atoms with Gasteiger partial charge in [0.15, 0.2) is 0 Å². The third kappa shape index (κ3) is 3.82. The molecule has 2 aromatic heterocycles. The van der Waals surface area contributed by atoms with Crippen LogP contribution in [0.25, 0.3) is 5.82 Å². The van der Waals surface area contributed by atoms with Gasteiger partial charge in [-0.15, -0.1) is 0 Å². The maximum absolute atomic E-state index is 14.1. The summed E-state index contributed by atoms with van der Waals surface area (Å²) in [5.41, 5.74) is 4.53. The van der Waals surface area contributed by atoms with Crippen molar-refractivity contribution in [3.05, 3.63) is 80.7 Å². The van der Waals surface area contributed by atoms with Gasteiger partial charge in [0, 0.05) is 17.1 Å². The summed E-state index contributed by atoms with van der Waals surface area (Å²) in [5.74, 6) is 0.00188. The SMILES string of the molecule is Cc1cc(CCc2cc(F)cc(Br)c2F)nc(-n2c(C)ccc2C)c1. The van der Waals surface area contributed by atoms with Crippen LogP contribution < -0.4 is 0 Å². The van der Waals surface area contributed by atoms with Crippen molar-refractivity contribution < 1.29 is 8.78 Å². The van der Waals surface area contributed by atoms with Crippen LogP contribution in [0.3, 0.4) is 0 Å². The Hall–Kier alpha value is -2.01. The number of hydrogen-bond acceptors (Lipinski definition) is 1. The van der Waals surface area contributed by atoms with E-state index < -0.39 is 11.6 Å². The molecule has 0 N–H and O–H groups in total. The fraction of sp³-hybridized carbons (Fsp3) is 0.250. The largest absolute Gasteiger partial charge is 0.303 e. The molecule has 5 heteroatoms. The Morgan fingerprint density at radius 1 is 0.960 bits per heavy atom. The number of nitrogens with zero attached hydrogens (tertiary/aromatic N) is 2. The lowest BCUT2D eigenvalue weighted by molar-refractivity contribution is 0.577. The van der Waals surface area contributed by atoms with Crippen LogP contribution in [0.2, 0.25) is 0 Å². The number of halogens is 3. The first kappa shape index (κ1) is 17.8. The van der Waals surface area contributed by atoms with Crippen LogP contribution in [0.4, 0.5) is 8.78 Å². The molecule has 0 aliphatic heterocycles. The zero-order valence-electron chi connectivity index (χ0n) is 14.4. The molecule has 0 bridgehead atoms. The van der Waals surface area contributed by atoms with Gasteiger partial charge in [-0.1, -0.05) is 0 Å². The molecule has 0 unspecified atom stereocenters. The van der Waals surface area contributed by atoms with Crippen LogP contribution in [0, 0.1) is 32.4 Å². The molecule has 3 rings (SSSR count). The van der Waals surface area contributed by atoms with E-state index in [2.05, 4.69) is 32.6 Å². The Morgan fingerprint density at radius 3 is 2.32 bits per heavy atom. The highest BCUT2D eigenvalue weighted by molar-refractivity contribution is 9.10. The van der Waals surface area contributed by atoms with E-state index in [-0.39, 0.29) is 4.47 Å². The summed E-state index contributed by atoms with van der Waals surface area (Å²) in [7, 11) is 0. The van der Waals surface area contributed by atoms with Gasteiger partial charge in [-0.25, -0.2) is 13.8 Å². The third-order valence-corrected chi connectivity index (χ3v) is 4.81. The Bertz CT molecular complexity index is 912. The summed E-state index contributed by atoms with van der Waals surface area (Å²) in [5, 5.41) is 0. The zero-order chi connectivity index (χ0) is 18.1. The van der Waals surface area contributed by atoms with Gasteiger partial charge in [0.2, 0.25) is 0 Å². The van der Waals surface area contributed by atoms with Crippen LogP contribution in [-0.4, -0.2) is 9.55 Å². The number of hydrogen-bond donors (Lipinski definition) is 0. The summed E-state index contributed by atoms with van der Waals surface area (Å²) in [6.07, 6.45) is 0.933. The van der Waals surface area contributed by atoms with Gasteiger partial charge in [-0.05, 0) is 97.1 Å². The molecule has 1 aromatic carbocycles. The molecule has 0 aliphatic carbocycles. The van der Waals surface area contributed by atoms with E-state index in [4.69, 9.17) is 4.98 Å². The minimum atomic E-state index is -0.445. The Morgan fingerprint density at radius 2 is 1.64 bits per heavy atom. The van der Waals surface area contributed by atoms with Gasteiger partial charge in [-0.2, -0.15) is 0 Å². The predicted octanol–water partition coefficient (Wildman–Crippen LogP) is 5.62. The van der Waals surface area contributed by atoms with Gasteiger partial charge in [0.05, 0.1) is 4.47 Å². The van der Waals surface area contributed by atoms with E-state index in [1.165, 1.54) is 6.07 Å². The number of benzene rings is 1. The van der Waals surface area contributed by atoms with Gasteiger partial charge >= 0.3 is 0 Å². The molecule has 2 nitrogen and oxygen atoms in total. The van der Waals surface area contributed by atoms with Crippen molar-refractivity contribution in [2.24, 2.45) is 0 Å². The summed E-state index contributed by atoms with van der Waals surface area (Å²) >= 11 is 3.05. The van der Waals surface area contributed by atoms with Crippen LogP contribution >= 0.6 is 15.9 Å². The first-order valence-electron chi connectivity index (χ1n) is 8.11. The van der Waals surface area contributed by atoms with Crippen molar-refractivity contribution in [2.75, 3.05) is 0 Å². The molecule has 0 radical (unpaired) electrons.